The van der Waals surface area contributed by atoms with E-state index in [1.165, 1.54) is 43.1 Å². The van der Waals surface area contributed by atoms with Gasteiger partial charge in [-0.05, 0) is 171 Å². The molecule has 5 aliphatic rings. The summed E-state index contributed by atoms with van der Waals surface area (Å²) in [5.74, 6) is -6.73. The largest absolute Gasteiger partial charge is 0.444 e. The lowest BCUT2D eigenvalue weighted by Crippen LogP contribution is -2.64. The first-order valence-electron chi connectivity index (χ1n) is 33.2. The smallest absolute Gasteiger partial charge is 0.410 e. The number of amides is 8. The molecular formula is C71H93F3N10O12. The van der Waals surface area contributed by atoms with Crippen molar-refractivity contribution in [2.45, 2.75) is 167 Å². The zero-order valence-corrected chi connectivity index (χ0v) is 57.0. The fourth-order valence-electron chi connectivity index (χ4n) is 13.3. The van der Waals surface area contributed by atoms with Gasteiger partial charge in [-0.2, -0.15) is 0 Å². The molecule has 5 heterocycles. The molecule has 0 bridgehead atoms. The van der Waals surface area contributed by atoms with E-state index in [9.17, 15) is 33.2 Å². The number of likely N-dealkylation sites (N-methyl/N-ethyl adjacent to an activating group) is 1. The molecule has 0 aromatic heterocycles. The zero-order chi connectivity index (χ0) is 69.6. The lowest BCUT2D eigenvalue weighted by Gasteiger charge is -2.47. The Kier molecular flexibility index (Phi) is 22.9. The van der Waals surface area contributed by atoms with Gasteiger partial charge in [0.1, 0.15) is 58.9 Å². The summed E-state index contributed by atoms with van der Waals surface area (Å²) >= 11 is 0. The van der Waals surface area contributed by atoms with Crippen molar-refractivity contribution < 1.29 is 70.5 Å². The average Bonchev–Trinajstić information content (AvgIpc) is 1.60. The molecule has 0 spiro atoms. The Balaban J connectivity index is 0.874. The van der Waals surface area contributed by atoms with Crippen molar-refractivity contribution in [1.82, 2.24) is 35.1 Å². The number of benzene rings is 4. The summed E-state index contributed by atoms with van der Waals surface area (Å²) in [6.45, 7) is 22.5. The van der Waals surface area contributed by atoms with Crippen molar-refractivity contribution in [1.29, 1.82) is 0 Å². The maximum atomic E-state index is 15.2. The number of fused-ring (bicyclic) bond motifs is 2. The second-order valence-corrected chi connectivity index (χ2v) is 28.4. The van der Waals surface area contributed by atoms with Crippen LogP contribution >= 0.6 is 0 Å². The molecule has 96 heavy (non-hydrogen) atoms. The summed E-state index contributed by atoms with van der Waals surface area (Å²) in [5.41, 5.74) is 1.47. The van der Waals surface area contributed by atoms with Crippen LogP contribution in [0.1, 0.15) is 135 Å². The maximum absolute atomic E-state index is 15.2. The van der Waals surface area contributed by atoms with Gasteiger partial charge in [0, 0.05) is 101 Å². The highest BCUT2D eigenvalue weighted by Gasteiger charge is 2.47. The molecule has 0 saturated carbocycles. The van der Waals surface area contributed by atoms with Gasteiger partial charge in [-0.25, -0.2) is 22.8 Å². The molecule has 9 rings (SSSR count). The molecule has 4 aromatic rings. The van der Waals surface area contributed by atoms with Gasteiger partial charge >= 0.3 is 12.2 Å². The monoisotopic (exact) mass is 1330 g/mol. The molecule has 8 amide bonds. The van der Waals surface area contributed by atoms with E-state index in [1.807, 2.05) is 50.8 Å². The SMILES string of the molecule is C[C@@H]1COCCN1C[C@H]1CN(C(=O)OC(C)(C)C)[C@H](C)CN1CC(=O)N1CC(C)(CCCNC(=O)CC(=O)Nc2ccc3c(c2)[C@@H](C(=O)Nc2c(F)cccc2F)N(C(=O)[C@@H](NC(=O)[C@H](C)N(C)C(=O)OC(C)(C)C)C2CCOCC2)C3)c2ccc(Cc3ccc(F)cc3)cc21. The van der Waals surface area contributed by atoms with Crippen LogP contribution in [0.25, 0.3) is 0 Å². The number of morpholine rings is 1. The van der Waals surface area contributed by atoms with Crippen LogP contribution in [0, 0.1) is 23.4 Å². The highest BCUT2D eigenvalue weighted by molar-refractivity contribution is 6.04. The first kappa shape index (κ1) is 72.1. The van der Waals surface area contributed by atoms with Gasteiger partial charge in [0.2, 0.25) is 29.5 Å². The second-order valence-electron chi connectivity index (χ2n) is 28.4. The minimum atomic E-state index is -1.55. The van der Waals surface area contributed by atoms with Crippen LogP contribution in [0.2, 0.25) is 0 Å². The van der Waals surface area contributed by atoms with Gasteiger partial charge in [-0.1, -0.05) is 43.3 Å². The van der Waals surface area contributed by atoms with Crippen molar-refractivity contribution in [3.05, 3.63) is 124 Å². The molecule has 4 N–H and O–H groups in total. The van der Waals surface area contributed by atoms with Crippen molar-refractivity contribution in [3.63, 3.8) is 0 Å². The van der Waals surface area contributed by atoms with Gasteiger partial charge in [-0.15, -0.1) is 0 Å². The molecule has 5 aliphatic heterocycles. The number of rotatable bonds is 20. The summed E-state index contributed by atoms with van der Waals surface area (Å²) in [6.07, 6.45) is 0.438. The van der Waals surface area contributed by atoms with Crippen LogP contribution < -0.4 is 26.2 Å². The number of nitrogens with one attached hydrogen (secondary N) is 4. The molecule has 0 radical (unpaired) electrons. The summed E-state index contributed by atoms with van der Waals surface area (Å²) in [7, 11) is 1.39. The molecular weight excluding hydrogens is 1240 g/mol. The summed E-state index contributed by atoms with van der Waals surface area (Å²) in [4.78, 5) is 123. The van der Waals surface area contributed by atoms with Crippen LogP contribution in [-0.4, -0.2) is 193 Å². The predicted molar refractivity (Wildman–Crippen MR) is 354 cm³/mol. The molecule has 1 unspecified atom stereocenters. The number of halogens is 3. The Morgan fingerprint density at radius 2 is 1.46 bits per heavy atom. The third-order valence-electron chi connectivity index (χ3n) is 18.6. The number of nitrogens with zero attached hydrogens (tertiary/aromatic N) is 6. The van der Waals surface area contributed by atoms with E-state index in [2.05, 4.69) is 44.9 Å². The number of para-hydroxylation sites is 1. The van der Waals surface area contributed by atoms with Crippen molar-refractivity contribution in [3.8, 4) is 0 Å². The molecule has 520 valence electrons. The minimum absolute atomic E-state index is 0.0822. The van der Waals surface area contributed by atoms with Gasteiger partial charge in [-0.3, -0.25) is 43.5 Å². The molecule has 0 aliphatic carbocycles. The van der Waals surface area contributed by atoms with E-state index in [-0.39, 0.29) is 73.9 Å². The number of carbonyl (C=O) groups is 8. The highest BCUT2D eigenvalue weighted by atomic mass is 19.1. The van der Waals surface area contributed by atoms with Crippen LogP contribution in [0.15, 0.2) is 78.9 Å². The molecule has 25 heteroatoms. The number of piperazine rings is 1. The van der Waals surface area contributed by atoms with Gasteiger partial charge in [0.25, 0.3) is 5.91 Å². The maximum Gasteiger partial charge on any atom is 0.410 e. The Hall–Kier alpha value is -8.13. The molecule has 4 aromatic carbocycles. The molecule has 7 atom stereocenters. The fraction of sp³-hybridized carbons (Fsp3) is 0.549. The Labute approximate surface area is 560 Å². The Morgan fingerprint density at radius 1 is 0.771 bits per heavy atom. The van der Waals surface area contributed by atoms with Gasteiger partial charge < -0.3 is 54.9 Å². The van der Waals surface area contributed by atoms with E-state index in [1.54, 1.807) is 43.9 Å². The highest BCUT2D eigenvalue weighted by Crippen LogP contribution is 2.45. The number of hydrogen-bond acceptors (Lipinski definition) is 14. The van der Waals surface area contributed by atoms with Crippen LogP contribution in [0.4, 0.5) is 39.8 Å². The third kappa shape index (κ3) is 17.9. The molecule has 22 nitrogen and oxygen atoms in total. The van der Waals surface area contributed by atoms with E-state index < -0.39 is 106 Å². The quantitative estimate of drug-likeness (QED) is 0.0480. The normalized spacial score (nSPS) is 21.5. The zero-order valence-electron chi connectivity index (χ0n) is 57.0. The van der Waals surface area contributed by atoms with E-state index in [0.717, 1.165) is 45.5 Å². The number of carbonyl (C=O) groups excluding carboxylic acids is 8. The van der Waals surface area contributed by atoms with Gasteiger partial charge in [0.05, 0.1) is 19.8 Å². The first-order chi connectivity index (χ1) is 45.3. The third-order valence-corrected chi connectivity index (χ3v) is 18.6. The average molecular weight is 1340 g/mol. The van der Waals surface area contributed by atoms with Crippen LogP contribution in [0.5, 0.6) is 0 Å². The number of anilines is 3. The Morgan fingerprint density at radius 3 is 2.14 bits per heavy atom. The predicted octanol–water partition coefficient (Wildman–Crippen LogP) is 8.44. The van der Waals surface area contributed by atoms with Crippen LogP contribution in [0.3, 0.4) is 0 Å². The van der Waals surface area contributed by atoms with E-state index >= 15 is 18.4 Å². The minimum Gasteiger partial charge on any atom is -0.444 e. The number of ether oxygens (including phenoxy) is 4. The summed E-state index contributed by atoms with van der Waals surface area (Å²) in [5, 5.41) is 10.8. The second kappa shape index (κ2) is 30.5. The lowest BCUT2D eigenvalue weighted by molar-refractivity contribution is -0.144. The summed E-state index contributed by atoms with van der Waals surface area (Å²) in [6, 6.07) is 15.8. The fourth-order valence-corrected chi connectivity index (χ4v) is 13.3. The number of hydrogen-bond donors (Lipinski definition) is 4. The van der Waals surface area contributed by atoms with Crippen molar-refractivity contribution in [2.75, 3.05) is 94.8 Å². The van der Waals surface area contributed by atoms with E-state index in [0.29, 0.717) is 83.6 Å². The molecule has 3 fully saturated rings. The standard InChI is InChI=1S/C71H93F3N10O12/c1-43-36-81(52(38-80-28-31-94-41-44(80)2)39-82(43)68(92)96-70(7,8)9)40-60(87)84-42-71(10,54-23-18-47(33-57(54)84)32-46-16-20-50(72)21-17-46)26-13-27-75-58(85)35-59(86)76-51-22-19-49-37-83(63(53(49)34-51)65(89)78-62-55(73)14-12-15-56(62)74)66(90)61(48-24-29-93-30-25-48)77-64(88)45(3)79(11)67(91)95-69(4,5)6/h12,14-23,33-34,43-45,48,52,61,63H,13,24-32,35-42H2,1-11H3,(H,75,85)(H,76,86)(H,77,88)(H,78,89)/t43-,44-,45+,52+,61+,63+,71?/m1/s1. The molecule has 3 saturated heterocycles. The van der Waals surface area contributed by atoms with Crippen molar-refractivity contribution >= 4 is 64.7 Å². The first-order valence-corrected chi connectivity index (χ1v) is 33.2. The van der Waals surface area contributed by atoms with Gasteiger partial charge in [0.15, 0.2) is 0 Å². The summed E-state index contributed by atoms with van der Waals surface area (Å²) < 4.78 is 67.0. The van der Waals surface area contributed by atoms with Crippen LogP contribution in [-0.2, 0) is 66.1 Å². The Bertz CT molecular complexity index is 3500. The topological polar surface area (TPSA) is 241 Å². The van der Waals surface area contributed by atoms with E-state index in [4.69, 9.17) is 18.9 Å². The lowest BCUT2D eigenvalue weighted by atomic mass is 9.80. The van der Waals surface area contributed by atoms with Crippen molar-refractivity contribution in [2.24, 2.45) is 5.92 Å².